The molecule has 3 N–H and O–H groups in total. The highest BCUT2D eigenvalue weighted by molar-refractivity contribution is 5.94. The van der Waals surface area contributed by atoms with Crippen molar-refractivity contribution in [2.45, 2.75) is 32.9 Å². The molecule has 0 fully saturated rings. The Hall–Kier alpha value is -3.38. The molecule has 0 aliphatic carbocycles. The molecule has 3 rings (SSSR count). The third-order valence-corrected chi connectivity index (χ3v) is 4.60. The van der Waals surface area contributed by atoms with Crippen molar-refractivity contribution in [3.8, 4) is 0 Å². The summed E-state index contributed by atoms with van der Waals surface area (Å²) in [6.45, 7) is 4.25. The summed E-state index contributed by atoms with van der Waals surface area (Å²) < 4.78 is 0. The van der Waals surface area contributed by atoms with Gasteiger partial charge in [0.25, 0.3) is 5.91 Å². The molecule has 0 aliphatic rings. The molecule has 156 valence electrons. The van der Waals surface area contributed by atoms with E-state index in [0.717, 1.165) is 28.3 Å². The number of aldehydes is 1. The number of fused-ring (bicyclic) bond motifs is 1. The van der Waals surface area contributed by atoms with Gasteiger partial charge in [-0.3, -0.25) is 15.1 Å². The molecule has 2 aromatic carbocycles. The quantitative estimate of drug-likeness (QED) is 0.273. The van der Waals surface area contributed by atoms with Crippen molar-refractivity contribution in [2.75, 3.05) is 0 Å². The summed E-state index contributed by atoms with van der Waals surface area (Å²) in [5, 5.41) is 3.83. The van der Waals surface area contributed by atoms with Crippen LogP contribution in [0.1, 0.15) is 25.0 Å². The summed E-state index contributed by atoms with van der Waals surface area (Å²) in [5.41, 5.74) is 5.99. The molecule has 0 saturated heterocycles. The highest BCUT2D eigenvalue weighted by Gasteiger charge is 2.18. The monoisotopic (exact) mass is 405 g/mol. The predicted octanol–water partition coefficient (Wildman–Crippen LogP) is 3.66. The second kappa shape index (κ2) is 10.4. The fourth-order valence-corrected chi connectivity index (χ4v) is 3.18. The second-order valence-corrected chi connectivity index (χ2v) is 7.48. The van der Waals surface area contributed by atoms with Gasteiger partial charge in [0.1, 0.15) is 12.0 Å². The van der Waals surface area contributed by atoms with E-state index in [9.17, 15) is 9.59 Å². The second-order valence-electron chi connectivity index (χ2n) is 7.48. The molecule has 1 amide bonds. The van der Waals surface area contributed by atoms with Crippen LogP contribution in [0, 0.1) is 5.92 Å². The van der Waals surface area contributed by atoms with E-state index in [-0.39, 0.29) is 17.5 Å². The molecule has 0 saturated carbocycles. The van der Waals surface area contributed by atoms with Gasteiger partial charge in [-0.25, -0.2) is 0 Å². The van der Waals surface area contributed by atoms with Crippen LogP contribution in [0.3, 0.4) is 0 Å². The van der Waals surface area contributed by atoms with E-state index in [0.29, 0.717) is 13.0 Å². The van der Waals surface area contributed by atoms with E-state index < -0.39 is 6.04 Å². The smallest absolute Gasteiger partial charge is 0.269 e. The molecule has 1 unspecified atom stereocenters. The molecule has 30 heavy (non-hydrogen) atoms. The molecule has 6 nitrogen and oxygen atoms in total. The summed E-state index contributed by atoms with van der Waals surface area (Å²) in [6, 6.07) is 16.9. The van der Waals surface area contributed by atoms with Gasteiger partial charge in [-0.2, -0.15) is 0 Å². The number of hydroxylamine groups is 1. The predicted molar refractivity (Wildman–Crippen MR) is 117 cm³/mol. The number of aromatic nitrogens is 1. The Kier molecular flexibility index (Phi) is 7.40. The summed E-state index contributed by atoms with van der Waals surface area (Å²) >= 11 is 0. The Balaban J connectivity index is 1.63. The molecule has 1 atom stereocenters. The molecule has 0 aliphatic heterocycles. The first-order valence-corrected chi connectivity index (χ1v) is 10.0. The van der Waals surface area contributed by atoms with Crippen LogP contribution in [0.5, 0.6) is 0 Å². The zero-order chi connectivity index (χ0) is 21.3. The van der Waals surface area contributed by atoms with Gasteiger partial charge in [-0.05, 0) is 23.1 Å². The highest BCUT2D eigenvalue weighted by atomic mass is 16.6. The SMILES string of the molecule is CC(C)C=C(NOCc1ccccc1)C(=O)NC(C=O)Cc1c[nH]c2ccccc12. The van der Waals surface area contributed by atoms with Crippen molar-refractivity contribution in [2.24, 2.45) is 5.92 Å². The van der Waals surface area contributed by atoms with Crippen LogP contribution >= 0.6 is 0 Å². The normalized spacial score (nSPS) is 12.7. The molecular formula is C24H27N3O3. The van der Waals surface area contributed by atoms with Gasteiger partial charge in [-0.1, -0.05) is 68.5 Å². The van der Waals surface area contributed by atoms with Gasteiger partial charge in [0.15, 0.2) is 0 Å². The average molecular weight is 405 g/mol. The third-order valence-electron chi connectivity index (χ3n) is 4.60. The summed E-state index contributed by atoms with van der Waals surface area (Å²) in [5.74, 6) is -0.254. The molecular weight excluding hydrogens is 378 g/mol. The third kappa shape index (κ3) is 5.81. The fraction of sp³-hybridized carbons (Fsp3) is 0.250. The Morgan fingerprint density at radius 3 is 2.57 bits per heavy atom. The van der Waals surface area contributed by atoms with E-state index in [4.69, 9.17) is 4.84 Å². The number of rotatable bonds is 10. The van der Waals surface area contributed by atoms with Gasteiger partial charge in [0.2, 0.25) is 0 Å². The number of carbonyl (C=O) groups excluding carboxylic acids is 2. The van der Waals surface area contributed by atoms with Crippen LogP contribution in [-0.2, 0) is 27.5 Å². The largest absolute Gasteiger partial charge is 0.361 e. The number of hydrogen-bond acceptors (Lipinski definition) is 4. The number of para-hydroxylation sites is 1. The minimum atomic E-state index is -0.650. The van der Waals surface area contributed by atoms with E-state index in [1.807, 2.05) is 74.6 Å². The minimum Gasteiger partial charge on any atom is -0.361 e. The van der Waals surface area contributed by atoms with Crippen molar-refractivity contribution < 1.29 is 14.4 Å². The van der Waals surface area contributed by atoms with Crippen LogP contribution in [0.25, 0.3) is 10.9 Å². The number of benzene rings is 2. The number of nitrogens with one attached hydrogen (secondary N) is 3. The molecule has 3 aromatic rings. The number of hydrogen-bond donors (Lipinski definition) is 3. The van der Waals surface area contributed by atoms with Crippen LogP contribution < -0.4 is 10.8 Å². The first-order chi connectivity index (χ1) is 14.6. The van der Waals surface area contributed by atoms with Crippen molar-refractivity contribution in [3.05, 3.63) is 83.7 Å². The molecule has 0 radical (unpaired) electrons. The van der Waals surface area contributed by atoms with Gasteiger partial charge in [0.05, 0.1) is 12.6 Å². The van der Waals surface area contributed by atoms with Crippen LogP contribution in [0.4, 0.5) is 0 Å². The van der Waals surface area contributed by atoms with Crippen LogP contribution in [0.2, 0.25) is 0 Å². The van der Waals surface area contributed by atoms with Crippen molar-refractivity contribution in [1.82, 2.24) is 15.8 Å². The number of carbonyl (C=O) groups is 2. The summed E-state index contributed by atoms with van der Waals surface area (Å²) in [4.78, 5) is 33.1. The van der Waals surface area contributed by atoms with Crippen LogP contribution in [-0.4, -0.2) is 23.2 Å². The average Bonchev–Trinajstić information content (AvgIpc) is 3.16. The lowest BCUT2D eigenvalue weighted by atomic mass is 10.1. The van der Waals surface area contributed by atoms with E-state index in [2.05, 4.69) is 15.8 Å². The van der Waals surface area contributed by atoms with E-state index in [1.165, 1.54) is 0 Å². The fourth-order valence-electron chi connectivity index (χ4n) is 3.18. The Morgan fingerprint density at radius 2 is 1.83 bits per heavy atom. The van der Waals surface area contributed by atoms with E-state index in [1.54, 1.807) is 6.08 Å². The Bertz CT molecular complexity index is 1010. The van der Waals surface area contributed by atoms with Crippen molar-refractivity contribution in [1.29, 1.82) is 0 Å². The molecule has 1 aromatic heterocycles. The minimum absolute atomic E-state index is 0.127. The summed E-state index contributed by atoms with van der Waals surface area (Å²) in [6.07, 6.45) is 4.81. The van der Waals surface area contributed by atoms with Gasteiger partial charge in [0, 0.05) is 23.5 Å². The topological polar surface area (TPSA) is 83.2 Å². The molecule has 0 spiro atoms. The van der Waals surface area contributed by atoms with Crippen molar-refractivity contribution >= 4 is 23.1 Å². The first-order valence-electron chi connectivity index (χ1n) is 10.0. The van der Waals surface area contributed by atoms with Gasteiger partial charge >= 0.3 is 0 Å². The number of aromatic amines is 1. The maximum absolute atomic E-state index is 12.8. The number of allylic oxidation sites excluding steroid dienone is 1. The molecule has 6 heteroatoms. The standard InChI is InChI=1S/C24H27N3O3/c1-17(2)12-23(27-30-16-18-8-4-3-5-9-18)24(29)26-20(15-28)13-19-14-25-22-11-7-6-10-21(19)22/h3-12,14-15,17,20,25,27H,13,16H2,1-2H3,(H,26,29). The lowest BCUT2D eigenvalue weighted by Gasteiger charge is -2.16. The lowest BCUT2D eigenvalue weighted by Crippen LogP contribution is -2.41. The van der Waals surface area contributed by atoms with Crippen molar-refractivity contribution in [3.63, 3.8) is 0 Å². The number of amides is 1. The Labute approximate surface area is 176 Å². The maximum atomic E-state index is 12.8. The van der Waals surface area contributed by atoms with Gasteiger partial charge in [-0.15, -0.1) is 0 Å². The van der Waals surface area contributed by atoms with Gasteiger partial charge < -0.3 is 15.1 Å². The van der Waals surface area contributed by atoms with Crippen LogP contribution in [0.15, 0.2) is 72.6 Å². The number of H-pyrrole nitrogens is 1. The molecule has 0 bridgehead atoms. The molecule has 1 heterocycles. The lowest BCUT2D eigenvalue weighted by molar-refractivity contribution is -0.122. The highest BCUT2D eigenvalue weighted by Crippen LogP contribution is 2.19. The van der Waals surface area contributed by atoms with E-state index >= 15 is 0 Å². The zero-order valence-electron chi connectivity index (χ0n) is 17.2. The first kappa shape index (κ1) is 21.3. The maximum Gasteiger partial charge on any atom is 0.269 e. The zero-order valence-corrected chi connectivity index (χ0v) is 17.2. The Morgan fingerprint density at radius 1 is 1.10 bits per heavy atom. The summed E-state index contributed by atoms with van der Waals surface area (Å²) in [7, 11) is 0.